The maximum absolute atomic E-state index is 12.7. The Hall–Kier alpha value is -1.43. The van der Waals surface area contributed by atoms with Gasteiger partial charge in [0.25, 0.3) is 0 Å². The number of fused-ring (bicyclic) bond motifs is 1. The van der Waals surface area contributed by atoms with Crippen molar-refractivity contribution in [2.24, 2.45) is 0 Å². The summed E-state index contributed by atoms with van der Waals surface area (Å²) in [6, 6.07) is 3.19. The predicted octanol–water partition coefficient (Wildman–Crippen LogP) is 3.93. The molecule has 0 spiro atoms. The number of halogens is 3. The highest BCUT2D eigenvalue weighted by Gasteiger charge is 2.34. The molecule has 0 aliphatic heterocycles. The van der Waals surface area contributed by atoms with Gasteiger partial charge in [0.05, 0.1) is 0 Å². The number of nitrogens with one attached hydrogen (secondary N) is 1. The van der Waals surface area contributed by atoms with Crippen LogP contribution in [0.1, 0.15) is 16.8 Å². The van der Waals surface area contributed by atoms with Crippen LogP contribution >= 0.6 is 12.2 Å². The fourth-order valence-corrected chi connectivity index (χ4v) is 1.79. The third-order valence-electron chi connectivity index (χ3n) is 2.47. The molecule has 0 unspecified atom stereocenters. The Morgan fingerprint density at radius 1 is 1.18 bits per heavy atom. The van der Waals surface area contributed by atoms with Crippen molar-refractivity contribution in [2.75, 3.05) is 0 Å². The van der Waals surface area contributed by atoms with E-state index in [-0.39, 0.29) is 11.2 Å². The summed E-state index contributed by atoms with van der Waals surface area (Å²) in [6.07, 6.45) is -4.45. The highest BCUT2D eigenvalue weighted by Crippen LogP contribution is 2.31. The maximum Gasteiger partial charge on any atom is 0.433 e. The van der Waals surface area contributed by atoms with E-state index < -0.39 is 11.9 Å². The second kappa shape index (κ2) is 3.80. The molecule has 0 amide bonds. The summed E-state index contributed by atoms with van der Waals surface area (Å²) in [6.45, 7) is 3.19. The SMILES string of the molecule is Cc1cc2cc(C)c(=S)[nH]c2nc1C(F)(F)F. The number of alkyl halides is 3. The van der Waals surface area contributed by atoms with Gasteiger partial charge in [-0.15, -0.1) is 0 Å². The van der Waals surface area contributed by atoms with Gasteiger partial charge in [0, 0.05) is 5.39 Å². The lowest BCUT2D eigenvalue weighted by molar-refractivity contribution is -0.141. The minimum Gasteiger partial charge on any atom is -0.331 e. The van der Waals surface area contributed by atoms with Crippen LogP contribution in [0.4, 0.5) is 13.2 Å². The Bertz CT molecular complexity index is 643. The number of rotatable bonds is 0. The number of nitrogens with zero attached hydrogens (tertiary/aromatic N) is 1. The molecular weight excluding hydrogens is 249 g/mol. The number of aryl methyl sites for hydroxylation is 2. The first-order chi connectivity index (χ1) is 7.79. The highest BCUT2D eigenvalue weighted by molar-refractivity contribution is 7.71. The van der Waals surface area contributed by atoms with Crippen LogP contribution < -0.4 is 0 Å². The Morgan fingerprint density at radius 3 is 2.35 bits per heavy atom. The zero-order valence-electron chi connectivity index (χ0n) is 9.14. The summed E-state index contributed by atoms with van der Waals surface area (Å²) in [5.41, 5.74) is 0.210. The minimum atomic E-state index is -4.45. The number of aromatic amines is 1. The van der Waals surface area contributed by atoms with E-state index >= 15 is 0 Å². The molecule has 6 heteroatoms. The van der Waals surface area contributed by atoms with Crippen LogP contribution in [-0.2, 0) is 6.18 Å². The maximum atomic E-state index is 12.7. The molecule has 2 nitrogen and oxygen atoms in total. The van der Waals surface area contributed by atoms with E-state index in [1.807, 2.05) is 0 Å². The van der Waals surface area contributed by atoms with Crippen molar-refractivity contribution in [1.29, 1.82) is 0 Å². The monoisotopic (exact) mass is 258 g/mol. The first-order valence-electron chi connectivity index (χ1n) is 4.87. The molecule has 2 heterocycles. The fourth-order valence-electron chi connectivity index (χ4n) is 1.64. The van der Waals surface area contributed by atoms with Crippen molar-refractivity contribution in [3.63, 3.8) is 0 Å². The van der Waals surface area contributed by atoms with E-state index in [2.05, 4.69) is 9.97 Å². The molecule has 1 N–H and O–H groups in total. The first-order valence-corrected chi connectivity index (χ1v) is 5.28. The van der Waals surface area contributed by atoms with Crippen molar-refractivity contribution < 1.29 is 13.2 Å². The molecule has 2 rings (SSSR count). The molecule has 0 radical (unpaired) electrons. The van der Waals surface area contributed by atoms with Crippen molar-refractivity contribution in [1.82, 2.24) is 9.97 Å². The summed E-state index contributed by atoms with van der Waals surface area (Å²) < 4.78 is 38.4. The molecule has 0 bridgehead atoms. The van der Waals surface area contributed by atoms with Crippen molar-refractivity contribution in [3.05, 3.63) is 33.6 Å². The standard InChI is InChI=1S/C11H9F3N2S/c1-5-3-7-4-6(2)10(17)16-9(7)15-8(5)11(12,13)14/h3-4H,1-2H3,(H,15,16,17). The Kier molecular flexibility index (Phi) is 2.69. The molecule has 2 aromatic heterocycles. The van der Waals surface area contributed by atoms with E-state index in [0.717, 1.165) is 5.56 Å². The van der Waals surface area contributed by atoms with E-state index in [9.17, 15) is 13.2 Å². The summed E-state index contributed by atoms with van der Waals surface area (Å²) in [5.74, 6) is 0. The molecule has 90 valence electrons. The summed E-state index contributed by atoms with van der Waals surface area (Å²) in [7, 11) is 0. The van der Waals surface area contributed by atoms with E-state index in [1.165, 1.54) is 13.0 Å². The van der Waals surface area contributed by atoms with Crippen LogP contribution in [0.2, 0.25) is 0 Å². The predicted molar refractivity (Wildman–Crippen MR) is 61.4 cm³/mol. The molecule has 0 fully saturated rings. The van der Waals surface area contributed by atoms with Crippen molar-refractivity contribution >= 4 is 23.3 Å². The quantitative estimate of drug-likeness (QED) is 0.725. The van der Waals surface area contributed by atoms with Gasteiger partial charge in [0.2, 0.25) is 0 Å². The fraction of sp³-hybridized carbons (Fsp3) is 0.273. The topological polar surface area (TPSA) is 28.7 Å². The van der Waals surface area contributed by atoms with E-state index in [1.54, 1.807) is 13.0 Å². The highest BCUT2D eigenvalue weighted by atomic mass is 32.1. The van der Waals surface area contributed by atoms with Gasteiger partial charge >= 0.3 is 6.18 Å². The largest absolute Gasteiger partial charge is 0.433 e. The Balaban J connectivity index is 2.81. The average Bonchev–Trinajstić information content (AvgIpc) is 2.18. The number of aromatic nitrogens is 2. The average molecular weight is 258 g/mol. The normalized spacial score (nSPS) is 12.1. The third kappa shape index (κ3) is 2.17. The van der Waals surface area contributed by atoms with Crippen molar-refractivity contribution in [2.45, 2.75) is 20.0 Å². The van der Waals surface area contributed by atoms with Crippen LogP contribution in [0, 0.1) is 18.5 Å². The Labute approximate surface area is 101 Å². The van der Waals surface area contributed by atoms with Gasteiger partial charge in [-0.1, -0.05) is 12.2 Å². The van der Waals surface area contributed by atoms with E-state index in [0.29, 0.717) is 10.0 Å². The lowest BCUT2D eigenvalue weighted by atomic mass is 10.1. The van der Waals surface area contributed by atoms with Gasteiger partial charge in [-0.3, -0.25) is 0 Å². The minimum absolute atomic E-state index is 0.106. The van der Waals surface area contributed by atoms with Gasteiger partial charge in [0.15, 0.2) is 0 Å². The molecular formula is C11H9F3N2S. The van der Waals surface area contributed by atoms with Gasteiger partial charge in [-0.2, -0.15) is 13.2 Å². The van der Waals surface area contributed by atoms with Gasteiger partial charge in [-0.05, 0) is 37.1 Å². The third-order valence-corrected chi connectivity index (χ3v) is 2.90. The number of hydrogen-bond acceptors (Lipinski definition) is 2. The van der Waals surface area contributed by atoms with E-state index in [4.69, 9.17) is 12.2 Å². The molecule has 0 atom stereocenters. The molecule has 17 heavy (non-hydrogen) atoms. The van der Waals surface area contributed by atoms with Crippen LogP contribution in [0.5, 0.6) is 0 Å². The van der Waals surface area contributed by atoms with Crippen LogP contribution in [0.25, 0.3) is 11.0 Å². The molecule has 0 aliphatic rings. The second-order valence-electron chi connectivity index (χ2n) is 3.87. The zero-order valence-corrected chi connectivity index (χ0v) is 9.96. The van der Waals surface area contributed by atoms with Gasteiger partial charge < -0.3 is 4.98 Å². The zero-order chi connectivity index (χ0) is 12.8. The summed E-state index contributed by atoms with van der Waals surface area (Å²) >= 11 is 4.97. The summed E-state index contributed by atoms with van der Waals surface area (Å²) in [5, 5.41) is 0.626. The number of pyridine rings is 2. The van der Waals surface area contributed by atoms with Gasteiger partial charge in [-0.25, -0.2) is 4.98 Å². The summed E-state index contributed by atoms with van der Waals surface area (Å²) in [4.78, 5) is 6.30. The first kappa shape index (κ1) is 12.0. The number of hydrogen-bond donors (Lipinski definition) is 1. The smallest absolute Gasteiger partial charge is 0.331 e. The van der Waals surface area contributed by atoms with Crippen LogP contribution in [0.15, 0.2) is 12.1 Å². The second-order valence-corrected chi connectivity index (χ2v) is 4.28. The molecule has 0 aliphatic carbocycles. The molecule has 2 aromatic rings. The lowest BCUT2D eigenvalue weighted by Gasteiger charge is -2.10. The van der Waals surface area contributed by atoms with Crippen molar-refractivity contribution in [3.8, 4) is 0 Å². The lowest BCUT2D eigenvalue weighted by Crippen LogP contribution is -2.11. The van der Waals surface area contributed by atoms with Gasteiger partial charge in [0.1, 0.15) is 16.0 Å². The van der Waals surface area contributed by atoms with Crippen LogP contribution in [0.3, 0.4) is 0 Å². The molecule has 0 aromatic carbocycles. The molecule has 0 saturated heterocycles. The number of H-pyrrole nitrogens is 1. The van der Waals surface area contributed by atoms with Crippen LogP contribution in [-0.4, -0.2) is 9.97 Å². The Morgan fingerprint density at radius 2 is 1.76 bits per heavy atom. The molecule has 0 saturated carbocycles.